The first-order valence-electron chi connectivity index (χ1n) is 5.75. The highest BCUT2D eigenvalue weighted by atomic mass is 35.5. The molecular weight excluding hydrogens is 252 g/mol. The van der Waals surface area contributed by atoms with Crippen molar-refractivity contribution in [2.75, 3.05) is 0 Å². The third-order valence-electron chi connectivity index (χ3n) is 3.51. The van der Waals surface area contributed by atoms with Crippen molar-refractivity contribution in [2.24, 2.45) is 5.73 Å². The van der Waals surface area contributed by atoms with Gasteiger partial charge in [0.2, 0.25) is 0 Å². The molecule has 3 N–H and O–H groups in total. The van der Waals surface area contributed by atoms with Crippen LogP contribution in [0.2, 0.25) is 0 Å². The molecule has 4 rings (SSSR count). The number of fused-ring (bicyclic) bond motifs is 3. The van der Waals surface area contributed by atoms with Crippen LogP contribution in [-0.2, 0) is 0 Å². The molecule has 0 amide bonds. The van der Waals surface area contributed by atoms with E-state index in [-0.39, 0.29) is 12.4 Å². The summed E-state index contributed by atoms with van der Waals surface area (Å²) >= 11 is 0. The zero-order valence-corrected chi connectivity index (χ0v) is 10.4. The predicted octanol–water partition coefficient (Wildman–Crippen LogP) is 1.23. The van der Waals surface area contributed by atoms with Crippen molar-refractivity contribution >= 4 is 29.2 Å². The van der Waals surface area contributed by atoms with Crippen LogP contribution in [0.4, 0.5) is 0 Å². The summed E-state index contributed by atoms with van der Waals surface area (Å²) in [5.74, 6) is 1.44. The molecule has 1 saturated carbocycles. The van der Waals surface area contributed by atoms with E-state index in [0.717, 1.165) is 35.5 Å². The third-order valence-corrected chi connectivity index (χ3v) is 3.51. The molecule has 3 aromatic heterocycles. The van der Waals surface area contributed by atoms with Crippen LogP contribution >= 0.6 is 12.4 Å². The Kier molecular flexibility index (Phi) is 2.49. The van der Waals surface area contributed by atoms with Crippen LogP contribution in [0.3, 0.4) is 0 Å². The zero-order valence-electron chi connectivity index (χ0n) is 9.58. The molecule has 94 valence electrons. The fourth-order valence-electron chi connectivity index (χ4n) is 2.54. The van der Waals surface area contributed by atoms with E-state index in [1.54, 1.807) is 6.20 Å². The maximum absolute atomic E-state index is 5.84. The first kappa shape index (κ1) is 11.4. The molecule has 1 aliphatic carbocycles. The van der Waals surface area contributed by atoms with Crippen LogP contribution in [0.15, 0.2) is 18.5 Å². The highest BCUT2D eigenvalue weighted by Crippen LogP contribution is 2.35. The number of H-pyrrole nitrogens is 1. The van der Waals surface area contributed by atoms with Gasteiger partial charge in [0.1, 0.15) is 5.82 Å². The van der Waals surface area contributed by atoms with E-state index in [1.165, 1.54) is 0 Å². The van der Waals surface area contributed by atoms with Gasteiger partial charge in [0.15, 0.2) is 11.3 Å². The molecule has 0 bridgehead atoms. The lowest BCUT2D eigenvalue weighted by Crippen LogP contribution is -2.35. The van der Waals surface area contributed by atoms with E-state index in [4.69, 9.17) is 5.73 Å². The molecule has 0 unspecified atom stereocenters. The van der Waals surface area contributed by atoms with Crippen molar-refractivity contribution in [3.63, 3.8) is 0 Å². The second-order valence-corrected chi connectivity index (χ2v) is 4.65. The van der Waals surface area contributed by atoms with E-state index >= 15 is 0 Å². The number of nitrogens with one attached hydrogen (secondary N) is 1. The van der Waals surface area contributed by atoms with Crippen LogP contribution in [0.5, 0.6) is 0 Å². The molecule has 3 aromatic rings. The molecule has 0 aromatic carbocycles. The van der Waals surface area contributed by atoms with Crippen molar-refractivity contribution in [3.8, 4) is 0 Å². The molecule has 1 aliphatic rings. The van der Waals surface area contributed by atoms with Gasteiger partial charge in [-0.3, -0.25) is 4.40 Å². The van der Waals surface area contributed by atoms with Gasteiger partial charge < -0.3 is 10.7 Å². The van der Waals surface area contributed by atoms with Gasteiger partial charge in [-0.15, -0.1) is 22.6 Å². The van der Waals surface area contributed by atoms with Crippen LogP contribution in [0, 0.1) is 0 Å². The summed E-state index contributed by atoms with van der Waals surface area (Å²) in [4.78, 5) is 7.40. The molecule has 0 atom stereocenters. The predicted molar refractivity (Wildman–Crippen MR) is 69.8 cm³/mol. The Bertz CT molecular complexity index is 696. The Morgan fingerprint density at radius 3 is 2.94 bits per heavy atom. The number of aromatic amines is 1. The number of nitrogens with zero attached hydrogens (tertiary/aromatic N) is 4. The summed E-state index contributed by atoms with van der Waals surface area (Å²) in [6, 6.07) is 2.32. The molecule has 7 heteroatoms. The number of aromatic nitrogens is 5. The van der Waals surface area contributed by atoms with Crippen LogP contribution < -0.4 is 5.73 Å². The summed E-state index contributed by atoms with van der Waals surface area (Å²) < 4.78 is 2.08. The van der Waals surface area contributed by atoms with E-state index in [9.17, 15) is 0 Å². The van der Waals surface area contributed by atoms with Gasteiger partial charge in [-0.25, -0.2) is 4.98 Å². The topological polar surface area (TPSA) is 84.9 Å². The van der Waals surface area contributed by atoms with Crippen LogP contribution in [0.25, 0.3) is 16.8 Å². The first-order chi connectivity index (χ1) is 8.33. The van der Waals surface area contributed by atoms with Gasteiger partial charge in [-0.05, 0) is 18.9 Å². The highest BCUT2D eigenvalue weighted by Gasteiger charge is 2.31. The minimum Gasteiger partial charge on any atom is -0.345 e. The van der Waals surface area contributed by atoms with E-state index < -0.39 is 0 Å². The van der Waals surface area contributed by atoms with Crippen molar-refractivity contribution in [2.45, 2.75) is 24.8 Å². The first-order valence-corrected chi connectivity index (χ1v) is 5.75. The average Bonchev–Trinajstić information content (AvgIpc) is 2.90. The van der Waals surface area contributed by atoms with E-state index in [1.807, 2.05) is 12.3 Å². The summed E-state index contributed by atoms with van der Waals surface area (Å²) in [5.41, 5.74) is 8.53. The van der Waals surface area contributed by atoms with Crippen molar-refractivity contribution in [3.05, 3.63) is 24.3 Å². The number of hydrogen-bond donors (Lipinski definition) is 2. The monoisotopic (exact) mass is 264 g/mol. The lowest BCUT2D eigenvalue weighted by atomic mass is 9.80. The standard InChI is InChI=1S/C11H12N6.ClH/c12-7-3-6(4-7)11-16-15-9-5-14-10-8(17(9)11)1-2-13-10;/h1-2,5-7,13H,3-4,12H2;1H/t6-,7-;. The lowest BCUT2D eigenvalue weighted by Gasteiger charge is -2.30. The number of rotatable bonds is 1. The molecule has 1 fully saturated rings. The normalized spacial score (nSPS) is 22.9. The second-order valence-electron chi connectivity index (χ2n) is 4.65. The SMILES string of the molecule is Cl.N[C@H]1C[C@H](c2nnc3cnc4[nH]ccc4n32)C1. The number of halogens is 1. The van der Waals surface area contributed by atoms with E-state index in [0.29, 0.717) is 12.0 Å². The second kappa shape index (κ2) is 3.93. The Balaban J connectivity index is 0.000001000. The maximum Gasteiger partial charge on any atom is 0.179 e. The van der Waals surface area contributed by atoms with E-state index in [2.05, 4.69) is 24.6 Å². The minimum absolute atomic E-state index is 0. The smallest absolute Gasteiger partial charge is 0.179 e. The largest absolute Gasteiger partial charge is 0.345 e. The van der Waals surface area contributed by atoms with Crippen LogP contribution in [-0.4, -0.2) is 30.6 Å². The van der Waals surface area contributed by atoms with Gasteiger partial charge >= 0.3 is 0 Å². The molecule has 18 heavy (non-hydrogen) atoms. The summed E-state index contributed by atoms with van der Waals surface area (Å²) in [7, 11) is 0. The quantitative estimate of drug-likeness (QED) is 0.692. The maximum atomic E-state index is 5.84. The molecular formula is C11H13ClN6. The fraction of sp³-hybridized carbons (Fsp3) is 0.364. The van der Waals surface area contributed by atoms with Gasteiger partial charge in [-0.2, -0.15) is 0 Å². The Morgan fingerprint density at radius 1 is 1.33 bits per heavy atom. The van der Waals surface area contributed by atoms with Crippen LogP contribution in [0.1, 0.15) is 24.6 Å². The Labute approximate surface area is 109 Å². The molecule has 0 spiro atoms. The van der Waals surface area contributed by atoms with Crippen molar-refractivity contribution in [1.29, 1.82) is 0 Å². The molecule has 6 nitrogen and oxygen atoms in total. The fourth-order valence-corrected chi connectivity index (χ4v) is 2.54. The number of nitrogens with two attached hydrogens (primary N) is 1. The lowest BCUT2D eigenvalue weighted by molar-refractivity contribution is 0.337. The molecule has 3 heterocycles. The van der Waals surface area contributed by atoms with Gasteiger partial charge in [-0.1, -0.05) is 0 Å². The third kappa shape index (κ3) is 1.42. The summed E-state index contributed by atoms with van der Waals surface area (Å²) in [6.07, 6.45) is 5.62. The summed E-state index contributed by atoms with van der Waals surface area (Å²) in [6.45, 7) is 0. The van der Waals surface area contributed by atoms with Crippen molar-refractivity contribution in [1.82, 2.24) is 24.6 Å². The minimum atomic E-state index is 0. The summed E-state index contributed by atoms with van der Waals surface area (Å²) in [5, 5.41) is 8.46. The highest BCUT2D eigenvalue weighted by molar-refractivity contribution is 5.85. The zero-order chi connectivity index (χ0) is 11.4. The molecule has 0 aliphatic heterocycles. The molecule has 0 saturated heterocycles. The van der Waals surface area contributed by atoms with Gasteiger partial charge in [0.25, 0.3) is 0 Å². The van der Waals surface area contributed by atoms with Gasteiger partial charge in [0.05, 0.1) is 11.7 Å². The number of hydrogen-bond acceptors (Lipinski definition) is 4. The van der Waals surface area contributed by atoms with Crippen molar-refractivity contribution < 1.29 is 0 Å². The Morgan fingerprint density at radius 2 is 2.17 bits per heavy atom. The molecule has 0 radical (unpaired) electrons. The average molecular weight is 265 g/mol. The van der Waals surface area contributed by atoms with Gasteiger partial charge in [0, 0.05) is 18.2 Å². The Hall–Kier alpha value is -1.66.